The average molecular weight is 371 g/mol. The van der Waals surface area contributed by atoms with E-state index >= 15 is 0 Å². The smallest absolute Gasteiger partial charge is 0.259 e. The highest BCUT2D eigenvalue weighted by Gasteiger charge is 2.50. The van der Waals surface area contributed by atoms with Gasteiger partial charge >= 0.3 is 0 Å². The summed E-state index contributed by atoms with van der Waals surface area (Å²) < 4.78 is 17.4. The largest absolute Gasteiger partial charge is 0.474 e. The summed E-state index contributed by atoms with van der Waals surface area (Å²) in [6.45, 7) is 5.66. The molecule has 1 amide bonds. The van der Waals surface area contributed by atoms with Crippen molar-refractivity contribution >= 4 is 5.91 Å². The van der Waals surface area contributed by atoms with Crippen molar-refractivity contribution in [2.24, 2.45) is 0 Å². The van der Waals surface area contributed by atoms with Crippen LogP contribution >= 0.6 is 0 Å². The summed E-state index contributed by atoms with van der Waals surface area (Å²) in [6, 6.07) is 5.65. The molecular weight excluding hydrogens is 346 g/mol. The van der Waals surface area contributed by atoms with E-state index < -0.39 is 0 Å². The second-order valence-electron chi connectivity index (χ2n) is 7.41. The first kappa shape index (κ1) is 18.0. The van der Waals surface area contributed by atoms with Crippen LogP contribution in [0.5, 0.6) is 5.88 Å². The Morgan fingerprint density at radius 2 is 2.26 bits per heavy atom. The molecule has 2 aromatic rings. The van der Waals surface area contributed by atoms with Gasteiger partial charge in [-0.05, 0) is 19.4 Å². The number of nitrogens with zero attached hydrogens (tertiary/aromatic N) is 3. The average Bonchev–Trinajstić information content (AvgIpc) is 3.01. The molecule has 2 fully saturated rings. The molecule has 1 spiro atoms. The van der Waals surface area contributed by atoms with Gasteiger partial charge in [-0.2, -0.15) is 0 Å². The third-order valence-electron chi connectivity index (χ3n) is 5.24. The van der Waals surface area contributed by atoms with Gasteiger partial charge in [-0.3, -0.25) is 4.79 Å². The quantitative estimate of drug-likeness (QED) is 0.804. The van der Waals surface area contributed by atoms with Crippen molar-refractivity contribution in [3.05, 3.63) is 41.4 Å². The standard InChI is InChI=1S/C20H25N3O4/c1-3-6-16-18(14(2)22-27-16)19(24)23-12-20(13-23)11-15(8-10-25-20)26-17-7-4-5-9-21-17/h4-5,7,9,15H,3,6,8,10-13H2,1-2H3/t15-/m1/s1. The van der Waals surface area contributed by atoms with E-state index in [-0.39, 0.29) is 17.6 Å². The first-order valence-electron chi connectivity index (χ1n) is 9.56. The van der Waals surface area contributed by atoms with Crippen LogP contribution in [0.15, 0.2) is 28.9 Å². The number of amides is 1. The van der Waals surface area contributed by atoms with Gasteiger partial charge in [0.15, 0.2) is 0 Å². The molecule has 0 aliphatic carbocycles. The zero-order valence-electron chi connectivity index (χ0n) is 15.8. The topological polar surface area (TPSA) is 77.7 Å². The SMILES string of the molecule is CCCc1onc(C)c1C(=O)N1CC2(C[C@H](Oc3ccccn3)CCO2)C1. The van der Waals surface area contributed by atoms with Crippen molar-refractivity contribution in [1.29, 1.82) is 0 Å². The maximum Gasteiger partial charge on any atom is 0.259 e. The Morgan fingerprint density at radius 1 is 1.41 bits per heavy atom. The molecule has 0 radical (unpaired) electrons. The molecule has 2 aliphatic heterocycles. The Bertz CT molecular complexity index is 799. The lowest BCUT2D eigenvalue weighted by Gasteiger charge is -2.52. The summed E-state index contributed by atoms with van der Waals surface area (Å²) in [7, 11) is 0. The van der Waals surface area contributed by atoms with E-state index in [9.17, 15) is 4.79 Å². The van der Waals surface area contributed by atoms with Gasteiger partial charge < -0.3 is 18.9 Å². The molecule has 144 valence electrons. The van der Waals surface area contributed by atoms with Crippen LogP contribution in [0.1, 0.15) is 48.0 Å². The van der Waals surface area contributed by atoms with E-state index in [0.29, 0.717) is 42.6 Å². The predicted molar refractivity (Wildman–Crippen MR) is 97.7 cm³/mol. The molecular formula is C20H25N3O4. The van der Waals surface area contributed by atoms with Gasteiger partial charge in [0.1, 0.15) is 23.0 Å². The van der Waals surface area contributed by atoms with E-state index in [1.54, 1.807) is 6.20 Å². The minimum Gasteiger partial charge on any atom is -0.474 e. The van der Waals surface area contributed by atoms with Crippen LogP contribution < -0.4 is 4.74 Å². The summed E-state index contributed by atoms with van der Waals surface area (Å²) in [4.78, 5) is 19.0. The maximum absolute atomic E-state index is 12.9. The van der Waals surface area contributed by atoms with Crippen LogP contribution in [-0.4, -0.2) is 52.3 Å². The zero-order valence-corrected chi connectivity index (χ0v) is 15.8. The second kappa shape index (κ2) is 7.31. The maximum atomic E-state index is 12.9. The highest BCUT2D eigenvalue weighted by molar-refractivity contribution is 5.96. The number of rotatable bonds is 5. The summed E-state index contributed by atoms with van der Waals surface area (Å²) in [5.74, 6) is 1.30. The molecule has 0 N–H and O–H groups in total. The number of carbonyl (C=O) groups is 1. The Balaban J connectivity index is 1.39. The minimum absolute atomic E-state index is 0.0146. The summed E-state index contributed by atoms with van der Waals surface area (Å²) in [6.07, 6.45) is 5.00. The number of hydrogen-bond acceptors (Lipinski definition) is 6. The number of ether oxygens (including phenoxy) is 2. The number of pyridine rings is 1. The lowest BCUT2D eigenvalue weighted by Crippen LogP contribution is -2.67. The first-order valence-corrected chi connectivity index (χ1v) is 9.56. The third-order valence-corrected chi connectivity index (χ3v) is 5.24. The van der Waals surface area contributed by atoms with Crippen LogP contribution in [0, 0.1) is 6.92 Å². The van der Waals surface area contributed by atoms with Gasteiger partial charge in [0.25, 0.3) is 5.91 Å². The molecule has 4 rings (SSSR count). The van der Waals surface area contributed by atoms with Crippen molar-refractivity contribution in [3.8, 4) is 5.88 Å². The number of aryl methyl sites for hydroxylation is 2. The predicted octanol–water partition coefficient (Wildman–Crippen LogP) is 2.78. The lowest BCUT2D eigenvalue weighted by atomic mass is 9.84. The Kier molecular flexibility index (Phi) is 4.86. The molecule has 4 heterocycles. The monoisotopic (exact) mass is 371 g/mol. The molecule has 7 heteroatoms. The van der Waals surface area contributed by atoms with Crippen LogP contribution in [0.4, 0.5) is 0 Å². The second-order valence-corrected chi connectivity index (χ2v) is 7.41. The number of hydrogen-bond donors (Lipinski definition) is 0. The van der Waals surface area contributed by atoms with Gasteiger partial charge in [0.2, 0.25) is 5.88 Å². The molecule has 0 aromatic carbocycles. The Labute approximate surface area is 158 Å². The van der Waals surface area contributed by atoms with Gasteiger partial charge in [-0.1, -0.05) is 18.1 Å². The molecule has 0 unspecified atom stereocenters. The highest BCUT2D eigenvalue weighted by Crippen LogP contribution is 2.36. The fourth-order valence-corrected chi connectivity index (χ4v) is 3.93. The fraction of sp³-hybridized carbons (Fsp3) is 0.550. The van der Waals surface area contributed by atoms with E-state index in [1.807, 2.05) is 30.0 Å². The summed E-state index contributed by atoms with van der Waals surface area (Å²) >= 11 is 0. The third kappa shape index (κ3) is 3.56. The van der Waals surface area contributed by atoms with Crippen LogP contribution in [0.2, 0.25) is 0 Å². The van der Waals surface area contributed by atoms with E-state index in [4.69, 9.17) is 14.0 Å². The van der Waals surface area contributed by atoms with Crippen molar-refractivity contribution in [1.82, 2.24) is 15.0 Å². The normalized spacial score (nSPS) is 21.1. The first-order chi connectivity index (χ1) is 13.1. The molecule has 27 heavy (non-hydrogen) atoms. The van der Waals surface area contributed by atoms with E-state index in [1.165, 1.54) is 0 Å². The van der Waals surface area contributed by atoms with Crippen LogP contribution in [-0.2, 0) is 11.2 Å². The van der Waals surface area contributed by atoms with Crippen LogP contribution in [0.25, 0.3) is 0 Å². The van der Waals surface area contributed by atoms with Crippen molar-refractivity contribution in [2.45, 2.75) is 51.2 Å². The molecule has 7 nitrogen and oxygen atoms in total. The molecule has 2 aliphatic rings. The van der Waals surface area contributed by atoms with Gasteiger partial charge in [0.05, 0.1) is 25.4 Å². The van der Waals surface area contributed by atoms with E-state index in [0.717, 1.165) is 25.7 Å². The fourth-order valence-electron chi connectivity index (χ4n) is 3.93. The van der Waals surface area contributed by atoms with Gasteiger partial charge in [0, 0.05) is 31.5 Å². The van der Waals surface area contributed by atoms with Gasteiger partial charge in [-0.25, -0.2) is 4.98 Å². The highest BCUT2D eigenvalue weighted by atomic mass is 16.5. The van der Waals surface area contributed by atoms with Crippen molar-refractivity contribution < 1.29 is 18.8 Å². The molecule has 2 aromatic heterocycles. The number of likely N-dealkylation sites (tertiary alicyclic amines) is 1. The van der Waals surface area contributed by atoms with Crippen molar-refractivity contribution in [2.75, 3.05) is 19.7 Å². The Hall–Kier alpha value is -2.41. The molecule has 1 atom stereocenters. The zero-order chi connectivity index (χ0) is 18.9. The van der Waals surface area contributed by atoms with Crippen LogP contribution in [0.3, 0.4) is 0 Å². The molecule has 0 saturated carbocycles. The summed E-state index contributed by atoms with van der Waals surface area (Å²) in [5.41, 5.74) is 0.956. The number of carbonyl (C=O) groups excluding carboxylic acids is 1. The van der Waals surface area contributed by atoms with Gasteiger partial charge in [-0.15, -0.1) is 0 Å². The minimum atomic E-state index is -0.316. The Morgan fingerprint density at radius 3 is 3.00 bits per heavy atom. The summed E-state index contributed by atoms with van der Waals surface area (Å²) in [5, 5.41) is 3.98. The molecule has 0 bridgehead atoms. The van der Waals surface area contributed by atoms with Crippen molar-refractivity contribution in [3.63, 3.8) is 0 Å². The van der Waals surface area contributed by atoms with E-state index in [2.05, 4.69) is 17.1 Å². The lowest BCUT2D eigenvalue weighted by molar-refractivity contribution is -0.174. The molecule has 2 saturated heterocycles. The number of aromatic nitrogens is 2.